The van der Waals surface area contributed by atoms with Crippen LogP contribution >= 0.6 is 11.6 Å². The van der Waals surface area contributed by atoms with Crippen LogP contribution in [0.5, 0.6) is 5.75 Å². The summed E-state index contributed by atoms with van der Waals surface area (Å²) in [5.41, 5.74) is 3.28. The molecule has 2 rings (SSSR count). The van der Waals surface area contributed by atoms with Crippen LogP contribution in [0.3, 0.4) is 0 Å². The summed E-state index contributed by atoms with van der Waals surface area (Å²) >= 11 is 5.81. The number of hydrogen-bond donors (Lipinski definition) is 2. The molecule has 0 bridgehead atoms. The summed E-state index contributed by atoms with van der Waals surface area (Å²) in [6.07, 6.45) is 1.41. The highest BCUT2D eigenvalue weighted by molar-refractivity contribution is 6.39. The third-order valence-electron chi connectivity index (χ3n) is 2.88. The first kappa shape index (κ1) is 17.5. The number of ether oxygens (including phenoxy) is 1. The van der Waals surface area contributed by atoms with E-state index in [1.807, 2.05) is 19.1 Å². The van der Waals surface area contributed by atoms with E-state index in [0.717, 1.165) is 0 Å². The van der Waals surface area contributed by atoms with Crippen molar-refractivity contribution >= 4 is 35.3 Å². The summed E-state index contributed by atoms with van der Waals surface area (Å²) in [6.45, 7) is 2.38. The Hall–Kier alpha value is -2.86. The third-order valence-corrected chi connectivity index (χ3v) is 3.11. The zero-order chi connectivity index (χ0) is 17.4. The van der Waals surface area contributed by atoms with Crippen LogP contribution in [0.15, 0.2) is 53.6 Å². The molecule has 24 heavy (non-hydrogen) atoms. The van der Waals surface area contributed by atoms with Crippen molar-refractivity contribution in [2.75, 3.05) is 11.9 Å². The molecule has 0 unspecified atom stereocenters. The van der Waals surface area contributed by atoms with Gasteiger partial charge < -0.3 is 10.1 Å². The fraction of sp³-hybridized carbons (Fsp3) is 0.118. The van der Waals surface area contributed by atoms with Crippen molar-refractivity contribution in [3.8, 4) is 5.75 Å². The van der Waals surface area contributed by atoms with E-state index in [-0.39, 0.29) is 0 Å². The average molecular weight is 346 g/mol. The highest BCUT2D eigenvalue weighted by Gasteiger charge is 2.13. The predicted octanol–water partition coefficient (Wildman–Crippen LogP) is 2.83. The van der Waals surface area contributed by atoms with Gasteiger partial charge in [-0.15, -0.1) is 0 Å². The lowest BCUT2D eigenvalue weighted by Gasteiger charge is -2.06. The monoisotopic (exact) mass is 345 g/mol. The van der Waals surface area contributed by atoms with Crippen molar-refractivity contribution in [1.29, 1.82) is 0 Å². The molecule has 7 heteroatoms. The van der Waals surface area contributed by atoms with Gasteiger partial charge in [-0.1, -0.05) is 29.8 Å². The number of benzene rings is 2. The molecular weight excluding hydrogens is 330 g/mol. The van der Waals surface area contributed by atoms with E-state index in [9.17, 15) is 9.59 Å². The van der Waals surface area contributed by atoms with Crippen molar-refractivity contribution in [2.45, 2.75) is 6.92 Å². The smallest absolute Gasteiger partial charge is 0.329 e. The van der Waals surface area contributed by atoms with E-state index in [1.54, 1.807) is 30.3 Å². The minimum Gasteiger partial charge on any atom is -0.493 e. The van der Waals surface area contributed by atoms with Gasteiger partial charge in [-0.25, -0.2) is 5.43 Å². The van der Waals surface area contributed by atoms with Crippen LogP contribution in [0, 0.1) is 0 Å². The number of hydrogen-bond acceptors (Lipinski definition) is 4. The molecule has 0 radical (unpaired) electrons. The molecule has 2 amide bonds. The van der Waals surface area contributed by atoms with Gasteiger partial charge in [-0.05, 0) is 37.3 Å². The second-order valence-corrected chi connectivity index (χ2v) is 5.07. The molecule has 0 heterocycles. The molecule has 2 N–H and O–H groups in total. The predicted molar refractivity (Wildman–Crippen MR) is 93.4 cm³/mol. The largest absolute Gasteiger partial charge is 0.493 e. The number of halogens is 1. The fourth-order valence-electron chi connectivity index (χ4n) is 1.84. The molecule has 124 valence electrons. The number of hydrazone groups is 1. The van der Waals surface area contributed by atoms with Crippen molar-refractivity contribution in [3.63, 3.8) is 0 Å². The Bertz CT molecular complexity index is 762. The molecular formula is C17H16ClN3O3. The second-order valence-electron chi connectivity index (χ2n) is 4.63. The first-order valence-electron chi connectivity index (χ1n) is 7.22. The van der Waals surface area contributed by atoms with Gasteiger partial charge in [0.15, 0.2) is 0 Å². The molecule has 2 aromatic rings. The summed E-state index contributed by atoms with van der Waals surface area (Å²) < 4.78 is 5.44. The Kier molecular flexibility index (Phi) is 6.33. The Labute approximate surface area is 144 Å². The van der Waals surface area contributed by atoms with Crippen LogP contribution in [0.4, 0.5) is 5.69 Å². The molecule has 0 aromatic heterocycles. The molecule has 2 aromatic carbocycles. The quantitative estimate of drug-likeness (QED) is 0.497. The van der Waals surface area contributed by atoms with Crippen LogP contribution in [-0.2, 0) is 9.59 Å². The van der Waals surface area contributed by atoms with E-state index in [0.29, 0.717) is 28.6 Å². The summed E-state index contributed by atoms with van der Waals surface area (Å²) in [7, 11) is 0. The molecule has 0 aliphatic heterocycles. The van der Waals surface area contributed by atoms with Crippen LogP contribution in [0.25, 0.3) is 0 Å². The standard InChI is InChI=1S/C17H16ClN3O3/c1-2-24-15-9-4-3-6-12(15)11-19-21-17(23)16(22)20-14-8-5-7-13(18)10-14/h3-11H,2H2,1H3,(H,20,22)(H,21,23)/b19-11-. The summed E-state index contributed by atoms with van der Waals surface area (Å²) in [5, 5.41) is 6.66. The van der Waals surface area contributed by atoms with Crippen LogP contribution in [-0.4, -0.2) is 24.6 Å². The second kappa shape index (κ2) is 8.69. The molecule has 6 nitrogen and oxygen atoms in total. The lowest BCUT2D eigenvalue weighted by molar-refractivity contribution is -0.136. The first-order valence-corrected chi connectivity index (χ1v) is 7.59. The highest BCUT2D eigenvalue weighted by Crippen LogP contribution is 2.16. The molecule has 0 aliphatic carbocycles. The Balaban J connectivity index is 1.94. The fourth-order valence-corrected chi connectivity index (χ4v) is 2.03. The van der Waals surface area contributed by atoms with E-state index in [4.69, 9.17) is 16.3 Å². The van der Waals surface area contributed by atoms with E-state index < -0.39 is 11.8 Å². The molecule has 0 spiro atoms. The lowest BCUT2D eigenvalue weighted by atomic mass is 10.2. The zero-order valence-electron chi connectivity index (χ0n) is 13.0. The summed E-state index contributed by atoms with van der Waals surface area (Å²) in [4.78, 5) is 23.5. The maximum absolute atomic E-state index is 11.8. The zero-order valence-corrected chi connectivity index (χ0v) is 13.7. The topological polar surface area (TPSA) is 79.8 Å². The maximum atomic E-state index is 11.8. The first-order chi connectivity index (χ1) is 11.6. The summed E-state index contributed by atoms with van der Waals surface area (Å²) in [5.74, 6) is -1.09. The number of carbonyl (C=O) groups is 2. The Morgan fingerprint density at radius 3 is 2.71 bits per heavy atom. The normalized spacial score (nSPS) is 10.4. The van der Waals surface area contributed by atoms with Crippen LogP contribution < -0.4 is 15.5 Å². The number of nitrogens with one attached hydrogen (secondary N) is 2. The molecule has 0 fully saturated rings. The van der Waals surface area contributed by atoms with Gasteiger partial charge in [0.1, 0.15) is 5.75 Å². The van der Waals surface area contributed by atoms with Crippen molar-refractivity contribution in [2.24, 2.45) is 5.10 Å². The van der Waals surface area contributed by atoms with E-state index in [1.165, 1.54) is 12.3 Å². The number of nitrogens with zero attached hydrogens (tertiary/aromatic N) is 1. The minimum atomic E-state index is -0.889. The van der Waals surface area contributed by atoms with Gasteiger partial charge in [0.05, 0.1) is 12.8 Å². The van der Waals surface area contributed by atoms with Gasteiger partial charge in [-0.3, -0.25) is 9.59 Å². The maximum Gasteiger partial charge on any atom is 0.329 e. The van der Waals surface area contributed by atoms with Gasteiger partial charge in [0.25, 0.3) is 0 Å². The minimum absolute atomic E-state index is 0.424. The Morgan fingerprint density at radius 2 is 1.96 bits per heavy atom. The van der Waals surface area contributed by atoms with Gasteiger partial charge in [0.2, 0.25) is 0 Å². The number of amides is 2. The van der Waals surface area contributed by atoms with Crippen molar-refractivity contribution in [1.82, 2.24) is 5.43 Å². The molecule has 0 aliphatic rings. The van der Waals surface area contributed by atoms with Gasteiger partial charge >= 0.3 is 11.8 Å². The number of rotatable bonds is 5. The van der Waals surface area contributed by atoms with Crippen LogP contribution in [0.1, 0.15) is 12.5 Å². The average Bonchev–Trinajstić information content (AvgIpc) is 2.56. The van der Waals surface area contributed by atoms with Crippen molar-refractivity contribution in [3.05, 3.63) is 59.1 Å². The SMILES string of the molecule is CCOc1ccccc1/C=N\NC(=O)C(=O)Nc1cccc(Cl)c1. The lowest BCUT2D eigenvalue weighted by Crippen LogP contribution is -2.32. The van der Waals surface area contributed by atoms with Crippen molar-refractivity contribution < 1.29 is 14.3 Å². The number of para-hydroxylation sites is 1. The summed E-state index contributed by atoms with van der Waals surface area (Å²) in [6, 6.07) is 13.7. The van der Waals surface area contributed by atoms with Gasteiger partial charge in [0, 0.05) is 16.3 Å². The number of carbonyl (C=O) groups excluding carboxylic acids is 2. The number of anilines is 1. The van der Waals surface area contributed by atoms with E-state index >= 15 is 0 Å². The Morgan fingerprint density at radius 1 is 1.17 bits per heavy atom. The molecule has 0 saturated heterocycles. The van der Waals surface area contributed by atoms with E-state index in [2.05, 4.69) is 15.8 Å². The molecule has 0 saturated carbocycles. The highest BCUT2D eigenvalue weighted by atomic mass is 35.5. The molecule has 0 atom stereocenters. The van der Waals surface area contributed by atoms with Gasteiger partial charge in [-0.2, -0.15) is 5.10 Å². The van der Waals surface area contributed by atoms with Crippen LogP contribution in [0.2, 0.25) is 5.02 Å². The third kappa shape index (κ3) is 5.10.